The monoisotopic (exact) mass is 230 g/mol. The molecule has 6 nitrogen and oxygen atoms in total. The fourth-order valence-corrected chi connectivity index (χ4v) is 1.52. The molecule has 4 N–H and O–H groups in total. The number of esters is 1. The fraction of sp³-hybridized carbons (Fsp3) is 0.800. The third-order valence-corrected chi connectivity index (χ3v) is 2.35. The second kappa shape index (κ2) is 4.03. The molecule has 1 heterocycles. The van der Waals surface area contributed by atoms with E-state index < -0.39 is 29.1 Å². The van der Waals surface area contributed by atoms with E-state index in [0.29, 0.717) is 0 Å². The summed E-state index contributed by atoms with van der Waals surface area (Å²) in [4.78, 5) is 22.5. The second-order valence-electron chi connectivity index (χ2n) is 5.13. The van der Waals surface area contributed by atoms with Gasteiger partial charge in [-0.25, -0.2) is 0 Å². The van der Waals surface area contributed by atoms with E-state index in [4.69, 9.17) is 15.6 Å². The molecule has 1 aliphatic rings. The smallest absolute Gasteiger partial charge is 0.325 e. The van der Waals surface area contributed by atoms with Gasteiger partial charge in [-0.1, -0.05) is 0 Å². The van der Waals surface area contributed by atoms with Gasteiger partial charge in [-0.05, 0) is 20.8 Å². The zero-order valence-electron chi connectivity index (χ0n) is 9.74. The molecule has 1 aliphatic heterocycles. The summed E-state index contributed by atoms with van der Waals surface area (Å²) >= 11 is 0. The fourth-order valence-electron chi connectivity index (χ4n) is 1.52. The molecule has 6 heteroatoms. The Morgan fingerprint density at radius 2 is 2.06 bits per heavy atom. The molecule has 0 unspecified atom stereocenters. The van der Waals surface area contributed by atoms with Crippen LogP contribution in [0.3, 0.4) is 0 Å². The summed E-state index contributed by atoms with van der Waals surface area (Å²) in [7, 11) is 0. The molecule has 1 saturated heterocycles. The molecule has 0 aliphatic carbocycles. The molecule has 0 amide bonds. The van der Waals surface area contributed by atoms with Gasteiger partial charge in [0.25, 0.3) is 0 Å². The molecule has 0 spiro atoms. The summed E-state index contributed by atoms with van der Waals surface area (Å²) in [6.45, 7) is 5.35. The zero-order valence-corrected chi connectivity index (χ0v) is 9.74. The molecule has 0 radical (unpaired) electrons. The van der Waals surface area contributed by atoms with Gasteiger partial charge in [0.05, 0.1) is 0 Å². The number of ether oxygens (including phenoxy) is 1. The first-order chi connectivity index (χ1) is 7.14. The Kier molecular flexibility index (Phi) is 3.25. The lowest BCUT2D eigenvalue weighted by Gasteiger charge is -2.22. The Morgan fingerprint density at radius 1 is 1.50 bits per heavy atom. The first-order valence-electron chi connectivity index (χ1n) is 5.13. The van der Waals surface area contributed by atoms with Gasteiger partial charge in [0.2, 0.25) is 0 Å². The number of nitrogens with one attached hydrogen (secondary N) is 1. The maximum absolute atomic E-state index is 11.6. The number of hydrogen-bond donors (Lipinski definition) is 3. The lowest BCUT2D eigenvalue weighted by molar-refractivity contribution is -0.157. The number of carbonyl (C=O) groups is 2. The van der Waals surface area contributed by atoms with E-state index in [-0.39, 0.29) is 13.0 Å². The predicted octanol–water partition coefficient (Wildman–Crippen LogP) is -0.528. The van der Waals surface area contributed by atoms with Crippen molar-refractivity contribution in [2.75, 3.05) is 6.54 Å². The second-order valence-corrected chi connectivity index (χ2v) is 5.13. The minimum absolute atomic E-state index is 0.0528. The van der Waals surface area contributed by atoms with E-state index in [1.807, 2.05) is 0 Å². The summed E-state index contributed by atoms with van der Waals surface area (Å²) in [5.41, 5.74) is 3.67. The predicted molar refractivity (Wildman–Crippen MR) is 56.8 cm³/mol. The molecule has 1 rings (SSSR count). The minimum Gasteiger partial charge on any atom is -0.480 e. The van der Waals surface area contributed by atoms with Crippen LogP contribution in [0.1, 0.15) is 27.2 Å². The topological polar surface area (TPSA) is 102 Å². The van der Waals surface area contributed by atoms with E-state index in [9.17, 15) is 9.59 Å². The highest BCUT2D eigenvalue weighted by atomic mass is 16.6. The van der Waals surface area contributed by atoms with Gasteiger partial charge < -0.3 is 20.9 Å². The van der Waals surface area contributed by atoms with Crippen molar-refractivity contribution in [1.29, 1.82) is 0 Å². The summed E-state index contributed by atoms with van der Waals surface area (Å²) in [5.74, 6) is -1.56. The van der Waals surface area contributed by atoms with E-state index >= 15 is 0 Å². The number of hydrogen-bond acceptors (Lipinski definition) is 5. The average molecular weight is 230 g/mol. The van der Waals surface area contributed by atoms with Crippen LogP contribution in [0, 0.1) is 0 Å². The first kappa shape index (κ1) is 12.9. The molecular weight excluding hydrogens is 212 g/mol. The molecule has 92 valence electrons. The normalized spacial score (nSPS) is 30.1. The maximum Gasteiger partial charge on any atom is 0.325 e. The van der Waals surface area contributed by atoms with Crippen molar-refractivity contribution in [2.24, 2.45) is 5.73 Å². The van der Waals surface area contributed by atoms with Gasteiger partial charge in [0.15, 0.2) is 0 Å². The van der Waals surface area contributed by atoms with Crippen molar-refractivity contribution in [3.05, 3.63) is 0 Å². The molecule has 16 heavy (non-hydrogen) atoms. The van der Waals surface area contributed by atoms with Gasteiger partial charge in [-0.15, -0.1) is 0 Å². The Hall–Kier alpha value is -1.14. The number of carboxylic acid groups (broad SMARTS) is 1. The highest BCUT2D eigenvalue weighted by molar-refractivity contribution is 5.84. The number of nitrogens with two attached hydrogens (primary N) is 1. The van der Waals surface area contributed by atoms with Crippen LogP contribution in [-0.2, 0) is 14.3 Å². The van der Waals surface area contributed by atoms with Crippen LogP contribution in [0.25, 0.3) is 0 Å². The lowest BCUT2D eigenvalue weighted by atomic mass is 9.97. The van der Waals surface area contributed by atoms with Crippen molar-refractivity contribution in [1.82, 2.24) is 5.32 Å². The third kappa shape index (κ3) is 2.93. The molecule has 0 aromatic heterocycles. The maximum atomic E-state index is 11.6. The van der Waals surface area contributed by atoms with Crippen molar-refractivity contribution < 1.29 is 19.4 Å². The average Bonchev–Trinajstić information content (AvgIpc) is 2.46. The summed E-state index contributed by atoms with van der Waals surface area (Å²) in [5, 5.41) is 11.7. The largest absolute Gasteiger partial charge is 0.480 e. The van der Waals surface area contributed by atoms with Crippen LogP contribution in [0.15, 0.2) is 0 Å². The van der Waals surface area contributed by atoms with E-state index in [0.717, 1.165) is 0 Å². The number of rotatable bonds is 2. The van der Waals surface area contributed by atoms with Gasteiger partial charge >= 0.3 is 11.9 Å². The van der Waals surface area contributed by atoms with Crippen LogP contribution in [0.2, 0.25) is 0 Å². The Balaban J connectivity index is 2.60. The zero-order chi connectivity index (χ0) is 12.6. The van der Waals surface area contributed by atoms with Gasteiger partial charge in [-0.3, -0.25) is 9.59 Å². The molecule has 0 aromatic carbocycles. The quantitative estimate of drug-likeness (QED) is 0.551. The van der Waals surface area contributed by atoms with E-state index in [1.54, 1.807) is 20.8 Å². The molecular formula is C10H18N2O4. The summed E-state index contributed by atoms with van der Waals surface area (Å²) in [6.07, 6.45) is 0.0528. The van der Waals surface area contributed by atoms with Crippen LogP contribution in [0.5, 0.6) is 0 Å². The number of aliphatic carboxylic acids is 1. The minimum atomic E-state index is -1.37. The standard InChI is InChI=1S/C10H18N2O4/c1-9(2,3)16-7(13)6-4-10(11,5-12-6)8(14)15/h6,12H,4-5,11H2,1-3H3,(H,14,15)/t6-,10-/m1/s1. The van der Waals surface area contributed by atoms with Crippen LogP contribution < -0.4 is 11.1 Å². The SMILES string of the molecule is CC(C)(C)OC(=O)[C@H]1C[C@](N)(C(=O)O)CN1. The van der Waals surface area contributed by atoms with Gasteiger partial charge in [0, 0.05) is 13.0 Å². The van der Waals surface area contributed by atoms with Crippen LogP contribution in [0.4, 0.5) is 0 Å². The Morgan fingerprint density at radius 3 is 2.44 bits per heavy atom. The summed E-state index contributed by atoms with van der Waals surface area (Å²) < 4.78 is 5.14. The van der Waals surface area contributed by atoms with Crippen LogP contribution >= 0.6 is 0 Å². The molecule has 0 aromatic rings. The summed E-state index contributed by atoms with van der Waals surface area (Å²) in [6, 6.07) is -0.639. The highest BCUT2D eigenvalue weighted by Crippen LogP contribution is 2.19. The molecule has 0 bridgehead atoms. The van der Waals surface area contributed by atoms with Crippen molar-refractivity contribution >= 4 is 11.9 Å². The van der Waals surface area contributed by atoms with Crippen molar-refractivity contribution in [2.45, 2.75) is 44.4 Å². The highest BCUT2D eigenvalue weighted by Gasteiger charge is 2.45. The Bertz CT molecular complexity index is 310. The first-order valence-corrected chi connectivity index (χ1v) is 5.13. The molecule has 0 saturated carbocycles. The Labute approximate surface area is 94.1 Å². The lowest BCUT2D eigenvalue weighted by Crippen LogP contribution is -2.49. The van der Waals surface area contributed by atoms with Gasteiger partial charge in [-0.2, -0.15) is 0 Å². The molecule has 2 atom stereocenters. The third-order valence-electron chi connectivity index (χ3n) is 2.35. The van der Waals surface area contributed by atoms with E-state index in [1.165, 1.54) is 0 Å². The van der Waals surface area contributed by atoms with Crippen molar-refractivity contribution in [3.8, 4) is 0 Å². The van der Waals surface area contributed by atoms with Crippen molar-refractivity contribution in [3.63, 3.8) is 0 Å². The van der Waals surface area contributed by atoms with E-state index in [2.05, 4.69) is 5.32 Å². The number of carbonyl (C=O) groups excluding carboxylic acids is 1. The number of carboxylic acids is 1. The van der Waals surface area contributed by atoms with Gasteiger partial charge in [0.1, 0.15) is 17.2 Å². The van der Waals surface area contributed by atoms with Crippen LogP contribution in [-0.4, -0.2) is 40.8 Å². The molecule has 1 fully saturated rings.